The second kappa shape index (κ2) is 9.79. The average molecular weight is 478 g/mol. The molecule has 32 heavy (non-hydrogen) atoms. The van der Waals surface area contributed by atoms with Crippen LogP contribution in [0.25, 0.3) is 0 Å². The zero-order valence-corrected chi connectivity index (χ0v) is 18.8. The van der Waals surface area contributed by atoms with E-state index in [0.717, 1.165) is 21.7 Å². The van der Waals surface area contributed by atoms with Gasteiger partial charge in [0.1, 0.15) is 15.8 Å². The van der Waals surface area contributed by atoms with Crippen LogP contribution in [0, 0.1) is 5.82 Å². The fourth-order valence-electron chi connectivity index (χ4n) is 2.69. The van der Waals surface area contributed by atoms with Gasteiger partial charge in [0.15, 0.2) is 6.61 Å². The molecule has 0 spiro atoms. The first-order chi connectivity index (χ1) is 15.2. The molecule has 1 heterocycles. The lowest BCUT2D eigenvalue weighted by Crippen LogP contribution is -2.25. The lowest BCUT2D eigenvalue weighted by Gasteiger charge is -2.18. The minimum Gasteiger partial charge on any atom is -0.484 e. The van der Waals surface area contributed by atoms with Crippen LogP contribution in [0.15, 0.2) is 64.2 Å². The molecule has 0 saturated heterocycles. The second-order valence-electron chi connectivity index (χ2n) is 6.51. The summed E-state index contributed by atoms with van der Waals surface area (Å²) in [5.74, 6) is -1.47. The summed E-state index contributed by atoms with van der Waals surface area (Å²) in [6.07, 6.45) is 0. The van der Waals surface area contributed by atoms with Crippen LogP contribution in [0.5, 0.6) is 5.75 Å². The van der Waals surface area contributed by atoms with Crippen molar-refractivity contribution in [3.05, 3.63) is 71.4 Å². The Morgan fingerprint density at radius 1 is 1.12 bits per heavy atom. The number of halogens is 1. The molecule has 2 aromatic carbocycles. The molecule has 3 aromatic rings. The van der Waals surface area contributed by atoms with Crippen molar-refractivity contribution in [1.82, 2.24) is 5.32 Å². The monoisotopic (exact) mass is 477 g/mol. The number of rotatable bonds is 8. The van der Waals surface area contributed by atoms with Gasteiger partial charge < -0.3 is 15.4 Å². The van der Waals surface area contributed by atoms with E-state index in [1.54, 1.807) is 35.7 Å². The summed E-state index contributed by atoms with van der Waals surface area (Å²) >= 11 is 1.13. The molecule has 0 unspecified atom stereocenters. The largest absolute Gasteiger partial charge is 0.484 e. The molecule has 8 nitrogen and oxygen atoms in total. The molecule has 0 bridgehead atoms. The smallest absolute Gasteiger partial charge is 0.273 e. The Labute approximate surface area is 188 Å². The summed E-state index contributed by atoms with van der Waals surface area (Å²) in [5.41, 5.74) is 0.487. The highest BCUT2D eigenvalue weighted by Gasteiger charge is 2.22. The minimum atomic E-state index is -3.64. The van der Waals surface area contributed by atoms with Gasteiger partial charge in [-0.2, -0.15) is 0 Å². The van der Waals surface area contributed by atoms with Crippen LogP contribution < -0.4 is 19.7 Å². The maximum atomic E-state index is 13.7. The van der Waals surface area contributed by atoms with Crippen LogP contribution in [-0.2, 0) is 14.8 Å². The van der Waals surface area contributed by atoms with E-state index in [-0.39, 0.29) is 22.1 Å². The van der Waals surface area contributed by atoms with Gasteiger partial charge in [0, 0.05) is 19.8 Å². The zero-order chi connectivity index (χ0) is 23.3. The number of hydrogen-bond donors (Lipinski definition) is 2. The number of nitrogens with one attached hydrogen (secondary N) is 2. The number of ether oxygens (including phenoxy) is 1. The van der Waals surface area contributed by atoms with E-state index < -0.39 is 27.7 Å². The summed E-state index contributed by atoms with van der Waals surface area (Å²) < 4.78 is 45.7. The van der Waals surface area contributed by atoms with E-state index in [9.17, 15) is 22.4 Å². The highest BCUT2D eigenvalue weighted by molar-refractivity contribution is 7.94. The fourth-order valence-corrected chi connectivity index (χ4v) is 5.05. The van der Waals surface area contributed by atoms with Crippen LogP contribution in [0.2, 0.25) is 0 Å². The third-order valence-electron chi connectivity index (χ3n) is 4.40. The summed E-state index contributed by atoms with van der Waals surface area (Å²) in [7, 11) is -0.816. The molecule has 0 aliphatic rings. The van der Waals surface area contributed by atoms with Gasteiger partial charge in [0.05, 0.1) is 11.3 Å². The number of carbonyl (C=O) groups excluding carboxylic acids is 2. The van der Waals surface area contributed by atoms with Gasteiger partial charge >= 0.3 is 0 Å². The first-order valence-electron chi connectivity index (χ1n) is 9.29. The van der Waals surface area contributed by atoms with Crippen molar-refractivity contribution >= 4 is 44.5 Å². The second-order valence-corrected chi connectivity index (χ2v) is 9.65. The van der Waals surface area contributed by atoms with Crippen LogP contribution in [-0.4, -0.2) is 40.9 Å². The Bertz CT molecular complexity index is 1210. The standard InChI is InChI=1S/C21H20FN3O5S2/c1-23-21(27)17-12-14(5-10-18(17)22)24-19(26)13-30-16-8-6-15(7-9-16)25(2)32(28,29)20-4-3-11-31-20/h3-12H,13H2,1-2H3,(H,23,27)(H,24,26). The molecule has 0 atom stereocenters. The van der Waals surface area contributed by atoms with Gasteiger partial charge in [-0.15, -0.1) is 11.3 Å². The van der Waals surface area contributed by atoms with Gasteiger partial charge in [-0.05, 0) is 53.9 Å². The lowest BCUT2D eigenvalue weighted by molar-refractivity contribution is -0.118. The fraction of sp³-hybridized carbons (Fsp3) is 0.143. The molecule has 0 aliphatic heterocycles. The molecule has 1 aromatic heterocycles. The van der Waals surface area contributed by atoms with Crippen LogP contribution in [0.1, 0.15) is 10.4 Å². The van der Waals surface area contributed by atoms with Crippen molar-refractivity contribution < 1.29 is 27.1 Å². The molecule has 3 rings (SSSR count). The van der Waals surface area contributed by atoms with Crippen molar-refractivity contribution in [2.24, 2.45) is 0 Å². The van der Waals surface area contributed by atoms with Gasteiger partial charge in [-0.3, -0.25) is 13.9 Å². The quantitative estimate of drug-likeness (QED) is 0.519. The Hall–Kier alpha value is -3.44. The molecule has 0 radical (unpaired) electrons. The third-order valence-corrected chi connectivity index (χ3v) is 7.56. The first-order valence-corrected chi connectivity index (χ1v) is 11.6. The van der Waals surface area contributed by atoms with E-state index in [0.29, 0.717) is 11.4 Å². The molecule has 0 saturated carbocycles. The maximum Gasteiger partial charge on any atom is 0.273 e. The summed E-state index contributed by atoms with van der Waals surface area (Å²) in [5, 5.41) is 6.54. The molecule has 11 heteroatoms. The molecule has 168 valence electrons. The summed E-state index contributed by atoms with van der Waals surface area (Å²) in [4.78, 5) is 23.8. The minimum absolute atomic E-state index is 0.191. The van der Waals surface area contributed by atoms with E-state index >= 15 is 0 Å². The van der Waals surface area contributed by atoms with Gasteiger partial charge in [0.25, 0.3) is 21.8 Å². The molecule has 2 N–H and O–H groups in total. The van der Waals surface area contributed by atoms with Crippen molar-refractivity contribution in [3.63, 3.8) is 0 Å². The van der Waals surface area contributed by atoms with Crippen molar-refractivity contribution in [2.45, 2.75) is 4.21 Å². The van der Waals surface area contributed by atoms with E-state index in [2.05, 4.69) is 10.6 Å². The highest BCUT2D eigenvalue weighted by atomic mass is 32.2. The highest BCUT2D eigenvalue weighted by Crippen LogP contribution is 2.26. The van der Waals surface area contributed by atoms with Crippen molar-refractivity contribution in [2.75, 3.05) is 30.3 Å². The number of anilines is 2. The van der Waals surface area contributed by atoms with Gasteiger partial charge in [-0.25, -0.2) is 12.8 Å². The molecular weight excluding hydrogens is 457 g/mol. The Morgan fingerprint density at radius 2 is 1.84 bits per heavy atom. The van der Waals surface area contributed by atoms with Crippen molar-refractivity contribution in [1.29, 1.82) is 0 Å². The first kappa shape index (κ1) is 23.2. The average Bonchev–Trinajstić information content (AvgIpc) is 3.34. The van der Waals surface area contributed by atoms with Crippen LogP contribution in [0.4, 0.5) is 15.8 Å². The Kier molecular flexibility index (Phi) is 7.11. The van der Waals surface area contributed by atoms with E-state index in [1.165, 1.54) is 32.3 Å². The molecule has 2 amide bonds. The van der Waals surface area contributed by atoms with Crippen LogP contribution >= 0.6 is 11.3 Å². The predicted octanol–water partition coefficient (Wildman–Crippen LogP) is 3.09. The topological polar surface area (TPSA) is 105 Å². The molecular formula is C21H20FN3O5S2. The predicted molar refractivity (Wildman–Crippen MR) is 120 cm³/mol. The van der Waals surface area contributed by atoms with E-state index in [4.69, 9.17) is 4.74 Å². The number of amides is 2. The number of thiophene rings is 1. The summed E-state index contributed by atoms with van der Waals surface area (Å²) in [6, 6.07) is 13.1. The van der Waals surface area contributed by atoms with Crippen LogP contribution in [0.3, 0.4) is 0 Å². The number of nitrogens with zero attached hydrogens (tertiary/aromatic N) is 1. The number of benzene rings is 2. The lowest BCUT2D eigenvalue weighted by atomic mass is 10.1. The van der Waals surface area contributed by atoms with E-state index in [1.807, 2.05) is 0 Å². The Balaban J connectivity index is 1.60. The van der Waals surface area contributed by atoms with Gasteiger partial charge in [-0.1, -0.05) is 6.07 Å². The molecule has 0 fully saturated rings. The van der Waals surface area contributed by atoms with Crippen molar-refractivity contribution in [3.8, 4) is 5.75 Å². The number of hydrogen-bond acceptors (Lipinski definition) is 6. The Morgan fingerprint density at radius 3 is 2.47 bits per heavy atom. The zero-order valence-electron chi connectivity index (χ0n) is 17.2. The summed E-state index contributed by atoms with van der Waals surface area (Å²) in [6.45, 7) is -0.338. The maximum absolute atomic E-state index is 13.7. The molecule has 0 aliphatic carbocycles. The third kappa shape index (κ3) is 5.24. The van der Waals surface area contributed by atoms with Gasteiger partial charge in [0.2, 0.25) is 0 Å². The number of carbonyl (C=O) groups is 2. The SMILES string of the molecule is CNC(=O)c1cc(NC(=O)COc2ccc(N(C)S(=O)(=O)c3cccs3)cc2)ccc1F. The number of sulfonamides is 1. The normalized spacial score (nSPS) is 11.0.